The van der Waals surface area contributed by atoms with Crippen LogP contribution in [0.5, 0.6) is 0 Å². The Bertz CT molecular complexity index is 760. The predicted octanol–water partition coefficient (Wildman–Crippen LogP) is 2.45. The van der Waals surface area contributed by atoms with Gasteiger partial charge < -0.3 is 20.1 Å². The van der Waals surface area contributed by atoms with Crippen molar-refractivity contribution >= 4 is 16.9 Å². The third kappa shape index (κ3) is 3.91. The van der Waals surface area contributed by atoms with Crippen molar-refractivity contribution in [2.45, 2.75) is 19.9 Å². The Morgan fingerprint density at radius 2 is 2.17 bits per heavy atom. The Hall–Kier alpha value is -2.76. The summed E-state index contributed by atoms with van der Waals surface area (Å²) >= 11 is 0. The molecule has 0 aliphatic heterocycles. The molecule has 0 bridgehead atoms. The number of aromatic amines is 1. The molecule has 120 valence electrons. The molecule has 0 aliphatic rings. The van der Waals surface area contributed by atoms with E-state index in [4.69, 9.17) is 4.52 Å². The average Bonchev–Trinajstić information content (AvgIpc) is 3.22. The summed E-state index contributed by atoms with van der Waals surface area (Å²) in [5, 5.41) is 11.7. The van der Waals surface area contributed by atoms with E-state index in [1.807, 2.05) is 19.1 Å². The second kappa shape index (κ2) is 7.49. The number of H-pyrrole nitrogens is 1. The zero-order chi connectivity index (χ0) is 15.9. The van der Waals surface area contributed by atoms with Gasteiger partial charge in [-0.3, -0.25) is 0 Å². The number of aliphatic imine (C=N–C) groups is 1. The summed E-state index contributed by atoms with van der Waals surface area (Å²) in [6.07, 6.45) is 4.56. The van der Waals surface area contributed by atoms with Crippen molar-refractivity contribution in [3.8, 4) is 0 Å². The maximum absolute atomic E-state index is 4.81. The van der Waals surface area contributed by atoms with E-state index in [1.165, 1.54) is 16.5 Å². The van der Waals surface area contributed by atoms with E-state index in [0.717, 1.165) is 31.2 Å². The molecule has 1 aromatic carbocycles. The van der Waals surface area contributed by atoms with Crippen molar-refractivity contribution in [2.75, 3.05) is 13.1 Å². The molecular formula is C17H21N5O. The van der Waals surface area contributed by atoms with E-state index < -0.39 is 0 Å². The first-order valence-corrected chi connectivity index (χ1v) is 7.83. The van der Waals surface area contributed by atoms with Crippen LogP contribution >= 0.6 is 0 Å². The molecule has 0 unspecified atom stereocenters. The molecule has 6 heteroatoms. The molecule has 3 N–H and O–H groups in total. The van der Waals surface area contributed by atoms with E-state index in [9.17, 15) is 0 Å². The third-order valence-corrected chi connectivity index (χ3v) is 3.60. The molecule has 23 heavy (non-hydrogen) atoms. The number of nitrogens with zero attached hydrogens (tertiary/aromatic N) is 2. The summed E-state index contributed by atoms with van der Waals surface area (Å²) < 4.78 is 4.81. The molecule has 0 radical (unpaired) electrons. The molecule has 0 saturated heterocycles. The minimum Gasteiger partial charge on any atom is -0.364 e. The van der Waals surface area contributed by atoms with Crippen LogP contribution in [-0.2, 0) is 13.0 Å². The van der Waals surface area contributed by atoms with Gasteiger partial charge in [-0.25, -0.2) is 4.99 Å². The van der Waals surface area contributed by atoms with Crippen LogP contribution in [-0.4, -0.2) is 29.2 Å². The fraction of sp³-hybridized carbons (Fsp3) is 0.294. The highest BCUT2D eigenvalue weighted by atomic mass is 16.5. The molecule has 2 heterocycles. The first kappa shape index (κ1) is 15.1. The Kier molecular flexibility index (Phi) is 4.93. The Morgan fingerprint density at radius 3 is 3.00 bits per heavy atom. The molecule has 2 aromatic heterocycles. The first-order valence-electron chi connectivity index (χ1n) is 7.83. The zero-order valence-electron chi connectivity index (χ0n) is 13.2. The molecule has 0 saturated carbocycles. The second-order valence-electron chi connectivity index (χ2n) is 5.22. The number of benzene rings is 1. The van der Waals surface area contributed by atoms with Gasteiger partial charge in [-0.05, 0) is 25.0 Å². The van der Waals surface area contributed by atoms with Crippen molar-refractivity contribution in [3.63, 3.8) is 0 Å². The number of rotatable bonds is 6. The van der Waals surface area contributed by atoms with Crippen LogP contribution in [0.2, 0.25) is 0 Å². The standard InChI is InChI=1S/C17H21N5O/c1-2-18-17(21-12-14-8-10-23-22-14)19-9-7-13-11-20-16-6-4-3-5-15(13)16/h3-6,8,10-11,20H,2,7,9,12H2,1H3,(H2,18,19,21). The predicted molar refractivity (Wildman–Crippen MR) is 91.3 cm³/mol. The van der Waals surface area contributed by atoms with E-state index in [0.29, 0.717) is 6.54 Å². The summed E-state index contributed by atoms with van der Waals surface area (Å²) in [7, 11) is 0. The van der Waals surface area contributed by atoms with Gasteiger partial charge in [-0.2, -0.15) is 0 Å². The highest BCUT2D eigenvalue weighted by molar-refractivity contribution is 5.83. The molecule has 0 aliphatic carbocycles. The van der Waals surface area contributed by atoms with Crippen LogP contribution in [0.15, 0.2) is 52.3 Å². The number of para-hydroxylation sites is 1. The summed E-state index contributed by atoms with van der Waals surface area (Å²) in [5.41, 5.74) is 3.30. The summed E-state index contributed by atoms with van der Waals surface area (Å²) in [5.74, 6) is 0.787. The van der Waals surface area contributed by atoms with Crippen molar-refractivity contribution in [1.82, 2.24) is 20.8 Å². The number of guanidine groups is 1. The van der Waals surface area contributed by atoms with Crippen molar-refractivity contribution in [3.05, 3.63) is 54.0 Å². The first-order chi connectivity index (χ1) is 11.4. The lowest BCUT2D eigenvalue weighted by molar-refractivity contribution is 0.412. The van der Waals surface area contributed by atoms with Gasteiger partial charge in [0.1, 0.15) is 12.0 Å². The monoisotopic (exact) mass is 311 g/mol. The summed E-state index contributed by atoms with van der Waals surface area (Å²) in [4.78, 5) is 7.80. The van der Waals surface area contributed by atoms with Crippen LogP contribution < -0.4 is 10.6 Å². The molecule has 6 nitrogen and oxygen atoms in total. The topological polar surface area (TPSA) is 78.2 Å². The van der Waals surface area contributed by atoms with Crippen LogP contribution in [0.4, 0.5) is 0 Å². The molecule has 0 fully saturated rings. The lowest BCUT2D eigenvalue weighted by Gasteiger charge is -2.10. The van der Waals surface area contributed by atoms with Crippen LogP contribution in [0, 0.1) is 0 Å². The maximum atomic E-state index is 4.81. The fourth-order valence-electron chi connectivity index (χ4n) is 2.47. The molecule has 0 atom stereocenters. The normalized spacial score (nSPS) is 11.8. The molecule has 0 spiro atoms. The average molecular weight is 311 g/mol. The third-order valence-electron chi connectivity index (χ3n) is 3.60. The van der Waals surface area contributed by atoms with Gasteiger partial charge in [0.15, 0.2) is 5.96 Å². The maximum Gasteiger partial charge on any atom is 0.191 e. The minimum absolute atomic E-state index is 0.499. The SMILES string of the molecule is CCNC(=NCc1ccon1)NCCc1c[nH]c2ccccc12. The van der Waals surface area contributed by atoms with E-state index in [2.05, 4.69) is 50.2 Å². The van der Waals surface area contributed by atoms with Gasteiger partial charge >= 0.3 is 0 Å². The molecule has 3 aromatic rings. The van der Waals surface area contributed by atoms with Crippen molar-refractivity contribution < 1.29 is 4.52 Å². The number of hydrogen-bond acceptors (Lipinski definition) is 3. The largest absolute Gasteiger partial charge is 0.364 e. The van der Waals surface area contributed by atoms with Crippen LogP contribution in [0.1, 0.15) is 18.2 Å². The smallest absolute Gasteiger partial charge is 0.191 e. The Balaban J connectivity index is 1.57. The second-order valence-corrected chi connectivity index (χ2v) is 5.22. The van der Waals surface area contributed by atoms with Crippen molar-refractivity contribution in [1.29, 1.82) is 0 Å². The fourth-order valence-corrected chi connectivity index (χ4v) is 2.47. The molecular weight excluding hydrogens is 290 g/mol. The molecule has 0 amide bonds. The number of fused-ring (bicyclic) bond motifs is 1. The van der Waals surface area contributed by atoms with Gasteiger partial charge in [0.25, 0.3) is 0 Å². The van der Waals surface area contributed by atoms with Gasteiger partial charge in [0, 0.05) is 36.3 Å². The minimum atomic E-state index is 0.499. The van der Waals surface area contributed by atoms with Gasteiger partial charge in [0.05, 0.1) is 6.54 Å². The van der Waals surface area contributed by atoms with E-state index >= 15 is 0 Å². The Morgan fingerprint density at radius 1 is 1.26 bits per heavy atom. The van der Waals surface area contributed by atoms with E-state index in [-0.39, 0.29) is 0 Å². The lowest BCUT2D eigenvalue weighted by atomic mass is 10.1. The number of hydrogen-bond donors (Lipinski definition) is 3. The highest BCUT2D eigenvalue weighted by Crippen LogP contribution is 2.17. The number of nitrogens with one attached hydrogen (secondary N) is 3. The Labute approximate surface area is 135 Å². The lowest BCUT2D eigenvalue weighted by Crippen LogP contribution is -2.38. The number of aromatic nitrogens is 2. The quantitative estimate of drug-likeness (QED) is 0.483. The highest BCUT2D eigenvalue weighted by Gasteiger charge is 2.04. The summed E-state index contributed by atoms with van der Waals surface area (Å²) in [6.45, 7) is 4.18. The van der Waals surface area contributed by atoms with Crippen LogP contribution in [0.3, 0.4) is 0 Å². The zero-order valence-corrected chi connectivity index (χ0v) is 13.2. The van der Waals surface area contributed by atoms with Crippen molar-refractivity contribution in [2.24, 2.45) is 4.99 Å². The van der Waals surface area contributed by atoms with Gasteiger partial charge in [-0.15, -0.1) is 0 Å². The summed E-state index contributed by atoms with van der Waals surface area (Å²) in [6, 6.07) is 10.2. The molecule has 3 rings (SSSR count). The van der Waals surface area contributed by atoms with Gasteiger partial charge in [0.2, 0.25) is 0 Å². The van der Waals surface area contributed by atoms with Crippen LogP contribution in [0.25, 0.3) is 10.9 Å². The van der Waals surface area contributed by atoms with E-state index in [1.54, 1.807) is 6.26 Å². The van der Waals surface area contributed by atoms with Gasteiger partial charge in [-0.1, -0.05) is 23.4 Å².